The molecule has 104 valence electrons. The molecule has 1 aromatic heterocycles. The van der Waals surface area contributed by atoms with Crippen LogP contribution < -0.4 is 0 Å². The van der Waals surface area contributed by atoms with Gasteiger partial charge in [0.25, 0.3) is 5.91 Å². The molecule has 1 N–H and O–H groups in total. The maximum Gasteiger partial charge on any atom is 0.320 e. The number of aryl methyl sites for hydroxylation is 1. The number of piperazine rings is 1. The van der Waals surface area contributed by atoms with E-state index < -0.39 is 12.0 Å². The molecule has 1 fully saturated rings. The van der Waals surface area contributed by atoms with Crippen molar-refractivity contribution in [2.24, 2.45) is 0 Å². The van der Waals surface area contributed by atoms with Crippen LogP contribution in [0.25, 0.3) is 0 Å². The number of carboxylic acids is 1. The first-order valence-corrected chi connectivity index (χ1v) is 6.18. The summed E-state index contributed by atoms with van der Waals surface area (Å²) in [6.07, 6.45) is 1.42. The average Bonchev–Trinajstić information content (AvgIpc) is 2.83. The van der Waals surface area contributed by atoms with Crippen molar-refractivity contribution in [3.63, 3.8) is 0 Å². The molecular weight excluding hydrogens is 250 g/mol. The van der Waals surface area contributed by atoms with E-state index in [4.69, 9.17) is 9.63 Å². The zero-order valence-electron chi connectivity index (χ0n) is 11.0. The van der Waals surface area contributed by atoms with Crippen LogP contribution in [0.4, 0.5) is 0 Å². The lowest BCUT2D eigenvalue weighted by atomic mass is 10.2. The molecule has 1 atom stereocenters. The Labute approximate surface area is 110 Å². The Bertz CT molecular complexity index is 477. The van der Waals surface area contributed by atoms with E-state index in [1.54, 1.807) is 18.7 Å². The lowest BCUT2D eigenvalue weighted by Crippen LogP contribution is -2.53. The summed E-state index contributed by atoms with van der Waals surface area (Å²) in [5.74, 6) is -0.442. The third kappa shape index (κ3) is 2.76. The van der Waals surface area contributed by atoms with Crippen LogP contribution in [0.15, 0.2) is 10.7 Å². The van der Waals surface area contributed by atoms with Gasteiger partial charge in [-0.05, 0) is 13.8 Å². The number of hydrogen-bond donors (Lipinski definition) is 1. The van der Waals surface area contributed by atoms with Crippen LogP contribution in [0.1, 0.15) is 23.0 Å². The molecule has 1 aliphatic heterocycles. The standard InChI is InChI=1S/C12H17N3O4/c1-8(12(17)18)14-3-5-15(6-4-14)11(16)10-7-13-19-9(10)2/h7-8H,3-6H2,1-2H3,(H,17,18). The minimum Gasteiger partial charge on any atom is -0.480 e. The van der Waals surface area contributed by atoms with Crippen molar-refractivity contribution in [1.29, 1.82) is 0 Å². The van der Waals surface area contributed by atoms with Gasteiger partial charge in [-0.1, -0.05) is 5.16 Å². The van der Waals surface area contributed by atoms with Crippen molar-refractivity contribution < 1.29 is 19.2 Å². The summed E-state index contributed by atoms with van der Waals surface area (Å²) >= 11 is 0. The van der Waals surface area contributed by atoms with Gasteiger partial charge in [0.05, 0.1) is 6.20 Å². The molecular formula is C12H17N3O4. The fraction of sp³-hybridized carbons (Fsp3) is 0.583. The van der Waals surface area contributed by atoms with Gasteiger partial charge < -0.3 is 14.5 Å². The van der Waals surface area contributed by atoms with Gasteiger partial charge in [0.15, 0.2) is 0 Å². The predicted octanol–water partition coefficient (Wildman–Crippen LogP) is 0.214. The third-order valence-corrected chi connectivity index (χ3v) is 3.49. The SMILES string of the molecule is Cc1oncc1C(=O)N1CCN(C(C)C(=O)O)CC1. The molecule has 1 aromatic rings. The van der Waals surface area contributed by atoms with E-state index >= 15 is 0 Å². The summed E-state index contributed by atoms with van der Waals surface area (Å²) < 4.78 is 4.88. The Morgan fingerprint density at radius 3 is 2.47 bits per heavy atom. The zero-order valence-corrected chi connectivity index (χ0v) is 11.0. The first kappa shape index (κ1) is 13.5. The van der Waals surface area contributed by atoms with Crippen LogP contribution in [0, 0.1) is 6.92 Å². The number of carbonyl (C=O) groups excluding carboxylic acids is 1. The number of rotatable bonds is 3. The molecule has 1 aliphatic rings. The predicted molar refractivity (Wildman–Crippen MR) is 65.8 cm³/mol. The van der Waals surface area contributed by atoms with Crippen molar-refractivity contribution >= 4 is 11.9 Å². The first-order valence-electron chi connectivity index (χ1n) is 6.18. The van der Waals surface area contributed by atoms with Crippen LogP contribution >= 0.6 is 0 Å². The van der Waals surface area contributed by atoms with Gasteiger partial charge in [0.2, 0.25) is 0 Å². The number of amides is 1. The fourth-order valence-electron chi connectivity index (χ4n) is 2.14. The number of hydrogen-bond acceptors (Lipinski definition) is 5. The van der Waals surface area contributed by atoms with Crippen LogP contribution in [0.2, 0.25) is 0 Å². The number of nitrogens with zero attached hydrogens (tertiary/aromatic N) is 3. The smallest absolute Gasteiger partial charge is 0.320 e. The second-order valence-corrected chi connectivity index (χ2v) is 4.64. The van der Waals surface area contributed by atoms with Crippen molar-refractivity contribution in [3.05, 3.63) is 17.5 Å². The first-order chi connectivity index (χ1) is 9.00. The number of carbonyl (C=O) groups is 2. The van der Waals surface area contributed by atoms with Crippen LogP contribution in [-0.4, -0.2) is 64.2 Å². The summed E-state index contributed by atoms with van der Waals surface area (Å²) in [5, 5.41) is 12.5. The largest absolute Gasteiger partial charge is 0.480 e. The lowest BCUT2D eigenvalue weighted by Gasteiger charge is -2.36. The third-order valence-electron chi connectivity index (χ3n) is 3.49. The highest BCUT2D eigenvalue weighted by atomic mass is 16.5. The van der Waals surface area contributed by atoms with Crippen molar-refractivity contribution in [1.82, 2.24) is 15.0 Å². The molecule has 19 heavy (non-hydrogen) atoms. The minimum absolute atomic E-state index is 0.110. The molecule has 1 amide bonds. The van der Waals surface area contributed by atoms with E-state index in [-0.39, 0.29) is 5.91 Å². The Hall–Kier alpha value is -1.89. The molecule has 0 radical (unpaired) electrons. The molecule has 0 bridgehead atoms. The van der Waals surface area contributed by atoms with Crippen molar-refractivity contribution in [2.75, 3.05) is 26.2 Å². The molecule has 0 spiro atoms. The van der Waals surface area contributed by atoms with Gasteiger partial charge in [-0.15, -0.1) is 0 Å². The van der Waals surface area contributed by atoms with Gasteiger partial charge in [0, 0.05) is 26.2 Å². The van der Waals surface area contributed by atoms with Crippen molar-refractivity contribution in [2.45, 2.75) is 19.9 Å². The fourth-order valence-corrected chi connectivity index (χ4v) is 2.14. The number of aliphatic carboxylic acids is 1. The number of aromatic nitrogens is 1. The van der Waals surface area contributed by atoms with Gasteiger partial charge in [-0.3, -0.25) is 14.5 Å². The topological polar surface area (TPSA) is 86.9 Å². The molecule has 0 aromatic carbocycles. The molecule has 0 saturated carbocycles. The Kier molecular flexibility index (Phi) is 3.84. The van der Waals surface area contributed by atoms with Crippen molar-refractivity contribution in [3.8, 4) is 0 Å². The average molecular weight is 267 g/mol. The maximum atomic E-state index is 12.2. The van der Waals surface area contributed by atoms with Crippen LogP contribution in [0.5, 0.6) is 0 Å². The van der Waals surface area contributed by atoms with Crippen LogP contribution in [-0.2, 0) is 4.79 Å². The van der Waals surface area contributed by atoms with E-state index in [9.17, 15) is 9.59 Å². The quantitative estimate of drug-likeness (QED) is 0.842. The second-order valence-electron chi connectivity index (χ2n) is 4.64. The molecule has 2 heterocycles. The maximum absolute atomic E-state index is 12.2. The summed E-state index contributed by atoms with van der Waals surface area (Å²) in [6, 6.07) is -0.519. The lowest BCUT2D eigenvalue weighted by molar-refractivity contribution is -0.143. The minimum atomic E-state index is -0.838. The highest BCUT2D eigenvalue weighted by Crippen LogP contribution is 2.13. The Morgan fingerprint density at radius 2 is 2.00 bits per heavy atom. The number of carboxylic acid groups (broad SMARTS) is 1. The van der Waals surface area contributed by atoms with Gasteiger partial charge in [0.1, 0.15) is 17.4 Å². The molecule has 1 saturated heterocycles. The van der Waals surface area contributed by atoms with Gasteiger partial charge in [-0.25, -0.2) is 0 Å². The van der Waals surface area contributed by atoms with E-state index in [1.165, 1.54) is 6.20 Å². The summed E-state index contributed by atoms with van der Waals surface area (Å²) in [6.45, 7) is 5.50. The van der Waals surface area contributed by atoms with Gasteiger partial charge >= 0.3 is 5.97 Å². The molecule has 0 aliphatic carbocycles. The van der Waals surface area contributed by atoms with E-state index in [1.807, 2.05) is 4.90 Å². The van der Waals surface area contributed by atoms with Gasteiger partial charge in [-0.2, -0.15) is 0 Å². The zero-order chi connectivity index (χ0) is 14.0. The Balaban J connectivity index is 1.95. The summed E-state index contributed by atoms with van der Waals surface area (Å²) in [5.41, 5.74) is 0.472. The highest BCUT2D eigenvalue weighted by Gasteiger charge is 2.28. The van der Waals surface area contributed by atoms with E-state index in [0.29, 0.717) is 37.5 Å². The summed E-state index contributed by atoms with van der Waals surface area (Å²) in [4.78, 5) is 26.6. The molecule has 7 nitrogen and oxygen atoms in total. The highest BCUT2D eigenvalue weighted by molar-refractivity contribution is 5.94. The molecule has 1 unspecified atom stereocenters. The van der Waals surface area contributed by atoms with E-state index in [2.05, 4.69) is 5.16 Å². The normalized spacial score (nSPS) is 18.3. The second kappa shape index (κ2) is 5.40. The van der Waals surface area contributed by atoms with Crippen LogP contribution in [0.3, 0.4) is 0 Å². The Morgan fingerprint density at radius 1 is 1.37 bits per heavy atom. The van der Waals surface area contributed by atoms with E-state index in [0.717, 1.165) is 0 Å². The summed E-state index contributed by atoms with van der Waals surface area (Å²) in [7, 11) is 0. The monoisotopic (exact) mass is 267 g/mol. The molecule has 2 rings (SSSR count). The molecule has 7 heteroatoms.